The third-order valence-electron chi connectivity index (χ3n) is 8.91. The summed E-state index contributed by atoms with van der Waals surface area (Å²) in [5.74, 6) is 2.48. The standard InChI is InChI=1S/C33H42/c1-10-20(4)32(21(5)19(2)3)29-17-16-28(30-18-31(29)30)26-12-11-13-27(15-14-26)33-24(8)22(6)23(7)25(33)9/h11,13-17,20,24,30-31H,2,10,12,18H2,1,3-9H3/b32-21+. The minimum absolute atomic E-state index is 0.519. The van der Waals surface area contributed by atoms with Gasteiger partial charge >= 0.3 is 0 Å². The van der Waals surface area contributed by atoms with Crippen LogP contribution in [0.1, 0.15) is 74.7 Å². The second-order valence-corrected chi connectivity index (χ2v) is 10.8. The number of allylic oxidation sites excluding steroid dienone is 17. The van der Waals surface area contributed by atoms with E-state index in [1.807, 2.05) is 0 Å². The van der Waals surface area contributed by atoms with Gasteiger partial charge in [-0.3, -0.25) is 0 Å². The van der Waals surface area contributed by atoms with Crippen LogP contribution in [0.15, 0.2) is 104 Å². The van der Waals surface area contributed by atoms with Gasteiger partial charge in [0.1, 0.15) is 0 Å². The lowest BCUT2D eigenvalue weighted by molar-refractivity contribution is 0.641. The van der Waals surface area contributed by atoms with Crippen molar-refractivity contribution in [1.82, 2.24) is 0 Å². The summed E-state index contributed by atoms with van der Waals surface area (Å²) in [6.45, 7) is 22.6. The molecule has 4 aliphatic rings. The molecule has 4 unspecified atom stereocenters. The number of hydrogen-bond acceptors (Lipinski definition) is 0. The highest BCUT2D eigenvalue weighted by Crippen LogP contribution is 2.57. The van der Waals surface area contributed by atoms with E-state index >= 15 is 0 Å². The maximum Gasteiger partial charge on any atom is 0.00315 e. The Balaban J connectivity index is 1.67. The third kappa shape index (κ3) is 4.18. The second-order valence-electron chi connectivity index (χ2n) is 10.8. The molecule has 4 aliphatic carbocycles. The quantitative estimate of drug-likeness (QED) is 0.362. The predicted octanol–water partition coefficient (Wildman–Crippen LogP) is 9.54. The molecule has 0 N–H and O–H groups in total. The van der Waals surface area contributed by atoms with Crippen LogP contribution in [-0.4, -0.2) is 0 Å². The van der Waals surface area contributed by atoms with Gasteiger partial charge in [0.15, 0.2) is 0 Å². The molecule has 0 bridgehead atoms. The van der Waals surface area contributed by atoms with Crippen molar-refractivity contribution in [3.63, 3.8) is 0 Å². The zero-order valence-corrected chi connectivity index (χ0v) is 22.1. The molecule has 4 rings (SSSR count). The third-order valence-corrected chi connectivity index (χ3v) is 8.91. The molecular weight excluding hydrogens is 396 g/mol. The first-order valence-electron chi connectivity index (χ1n) is 12.9. The highest BCUT2D eigenvalue weighted by molar-refractivity contribution is 5.61. The number of hydrogen-bond donors (Lipinski definition) is 0. The summed E-state index contributed by atoms with van der Waals surface area (Å²) < 4.78 is 0. The average Bonchev–Trinajstić information content (AvgIpc) is 3.60. The van der Waals surface area contributed by atoms with Crippen molar-refractivity contribution in [3.8, 4) is 0 Å². The SMILES string of the molecule is C=C(C)/C(C)=C(/C1=CC=C(C2=CC=C(C3=C(C)C(C)=C(C)C3C)C=CC2)C2CC12)C(C)CC. The number of rotatable bonds is 6. The molecule has 0 aromatic carbocycles. The van der Waals surface area contributed by atoms with Crippen LogP contribution in [0.2, 0.25) is 0 Å². The summed E-state index contributed by atoms with van der Waals surface area (Å²) in [6, 6.07) is 0. The molecular formula is C33H42. The summed E-state index contributed by atoms with van der Waals surface area (Å²) in [5.41, 5.74) is 16.2. The fourth-order valence-electron chi connectivity index (χ4n) is 6.10. The molecule has 0 aliphatic heterocycles. The van der Waals surface area contributed by atoms with Crippen LogP contribution in [-0.2, 0) is 0 Å². The van der Waals surface area contributed by atoms with E-state index < -0.39 is 0 Å². The van der Waals surface area contributed by atoms with Crippen molar-refractivity contribution in [1.29, 1.82) is 0 Å². The van der Waals surface area contributed by atoms with Gasteiger partial charge in [0.05, 0.1) is 0 Å². The summed E-state index contributed by atoms with van der Waals surface area (Å²) >= 11 is 0. The summed E-state index contributed by atoms with van der Waals surface area (Å²) in [4.78, 5) is 0. The topological polar surface area (TPSA) is 0 Å². The smallest absolute Gasteiger partial charge is 0.00315 e. The largest absolute Gasteiger partial charge is 0.0958 e. The fraction of sp³-hybridized carbons (Fsp3) is 0.455. The van der Waals surface area contributed by atoms with Gasteiger partial charge in [-0.25, -0.2) is 0 Å². The Bertz CT molecular complexity index is 1130. The van der Waals surface area contributed by atoms with E-state index in [-0.39, 0.29) is 0 Å². The second kappa shape index (κ2) is 9.13. The van der Waals surface area contributed by atoms with E-state index in [9.17, 15) is 0 Å². The molecule has 0 amide bonds. The van der Waals surface area contributed by atoms with Crippen LogP contribution >= 0.6 is 0 Å². The van der Waals surface area contributed by atoms with Gasteiger partial charge in [0, 0.05) is 5.92 Å². The normalized spacial score (nSPS) is 28.4. The predicted molar refractivity (Wildman–Crippen MR) is 145 cm³/mol. The maximum absolute atomic E-state index is 4.25. The first-order chi connectivity index (χ1) is 15.7. The van der Waals surface area contributed by atoms with E-state index in [1.165, 1.54) is 57.4 Å². The van der Waals surface area contributed by atoms with Crippen molar-refractivity contribution < 1.29 is 0 Å². The van der Waals surface area contributed by atoms with Crippen LogP contribution in [0.5, 0.6) is 0 Å². The highest BCUT2D eigenvalue weighted by atomic mass is 14.5. The van der Waals surface area contributed by atoms with Crippen molar-refractivity contribution in [2.45, 2.75) is 74.7 Å². The Kier molecular flexibility index (Phi) is 6.59. The zero-order valence-electron chi connectivity index (χ0n) is 22.1. The van der Waals surface area contributed by atoms with Crippen molar-refractivity contribution in [3.05, 3.63) is 104 Å². The first kappa shape index (κ1) is 23.8. The Morgan fingerprint density at radius 1 is 1.03 bits per heavy atom. The van der Waals surface area contributed by atoms with E-state index in [2.05, 4.69) is 98.4 Å². The zero-order chi connectivity index (χ0) is 24.0. The fourth-order valence-corrected chi connectivity index (χ4v) is 6.10. The molecule has 1 saturated carbocycles. The van der Waals surface area contributed by atoms with Crippen LogP contribution in [0, 0.1) is 23.7 Å². The van der Waals surface area contributed by atoms with E-state index in [0.717, 1.165) is 6.42 Å². The molecule has 0 aromatic heterocycles. The van der Waals surface area contributed by atoms with Crippen molar-refractivity contribution in [2.75, 3.05) is 0 Å². The lowest BCUT2D eigenvalue weighted by Gasteiger charge is -2.24. The molecule has 174 valence electrons. The van der Waals surface area contributed by atoms with Crippen LogP contribution in [0.25, 0.3) is 0 Å². The minimum atomic E-state index is 0.519. The minimum Gasteiger partial charge on any atom is -0.0958 e. The van der Waals surface area contributed by atoms with Gasteiger partial charge in [-0.05, 0) is 122 Å². The first-order valence-corrected chi connectivity index (χ1v) is 12.9. The lowest BCUT2D eigenvalue weighted by Crippen LogP contribution is -2.10. The van der Waals surface area contributed by atoms with Gasteiger partial charge in [0.2, 0.25) is 0 Å². The van der Waals surface area contributed by atoms with Crippen LogP contribution in [0.3, 0.4) is 0 Å². The van der Waals surface area contributed by atoms with E-state index in [4.69, 9.17) is 0 Å². The highest BCUT2D eigenvalue weighted by Gasteiger charge is 2.46. The summed E-state index contributed by atoms with van der Waals surface area (Å²) in [7, 11) is 0. The van der Waals surface area contributed by atoms with E-state index in [1.54, 1.807) is 16.7 Å². The number of fused-ring (bicyclic) bond motifs is 1. The Morgan fingerprint density at radius 3 is 2.36 bits per heavy atom. The Morgan fingerprint density at radius 2 is 1.76 bits per heavy atom. The molecule has 0 heterocycles. The van der Waals surface area contributed by atoms with Gasteiger partial charge in [0.25, 0.3) is 0 Å². The van der Waals surface area contributed by atoms with Gasteiger partial charge in [-0.2, -0.15) is 0 Å². The van der Waals surface area contributed by atoms with E-state index in [0.29, 0.717) is 23.7 Å². The molecule has 0 aromatic rings. The molecule has 0 radical (unpaired) electrons. The molecule has 1 fully saturated rings. The molecule has 0 nitrogen and oxygen atoms in total. The monoisotopic (exact) mass is 438 g/mol. The molecule has 0 saturated heterocycles. The molecule has 4 atom stereocenters. The maximum atomic E-state index is 4.25. The van der Waals surface area contributed by atoms with Gasteiger partial charge in [-0.15, -0.1) is 0 Å². The average molecular weight is 439 g/mol. The van der Waals surface area contributed by atoms with Gasteiger partial charge < -0.3 is 0 Å². The van der Waals surface area contributed by atoms with Crippen molar-refractivity contribution >= 4 is 0 Å². The Labute approximate surface area is 202 Å². The Hall–Kier alpha value is -2.34. The van der Waals surface area contributed by atoms with Gasteiger partial charge in [-0.1, -0.05) is 75.0 Å². The molecule has 0 heteroatoms. The summed E-state index contributed by atoms with van der Waals surface area (Å²) in [6.07, 6.45) is 17.9. The van der Waals surface area contributed by atoms with Crippen LogP contribution < -0.4 is 0 Å². The van der Waals surface area contributed by atoms with Crippen LogP contribution in [0.4, 0.5) is 0 Å². The summed E-state index contributed by atoms with van der Waals surface area (Å²) in [5, 5.41) is 0. The molecule has 0 spiro atoms. The lowest BCUT2D eigenvalue weighted by atomic mass is 9.80. The van der Waals surface area contributed by atoms with Crippen molar-refractivity contribution in [2.24, 2.45) is 23.7 Å². The molecule has 33 heavy (non-hydrogen) atoms.